The van der Waals surface area contributed by atoms with E-state index in [1.807, 2.05) is 91.9 Å². The second-order valence-electron chi connectivity index (χ2n) is 9.38. The van der Waals surface area contributed by atoms with Crippen LogP contribution in [0.3, 0.4) is 0 Å². The molecule has 0 spiro atoms. The van der Waals surface area contributed by atoms with Gasteiger partial charge in [0, 0.05) is 10.9 Å². The summed E-state index contributed by atoms with van der Waals surface area (Å²) in [6.07, 6.45) is 1.56. The van der Waals surface area contributed by atoms with Crippen molar-refractivity contribution in [3.8, 4) is 34.3 Å². The van der Waals surface area contributed by atoms with Gasteiger partial charge in [-0.15, -0.1) is 0 Å². The molecule has 9 heteroatoms. The highest BCUT2D eigenvalue weighted by Gasteiger charge is 2.17. The minimum atomic E-state index is -0.338. The number of amides is 1. The van der Waals surface area contributed by atoms with Crippen LogP contribution in [0.2, 0.25) is 0 Å². The largest absolute Gasteiger partial charge is 0.490 e. The van der Waals surface area contributed by atoms with Crippen LogP contribution < -0.4 is 24.4 Å². The number of hydrogen-bond donors (Lipinski definition) is 1. The number of ether oxygens (including phenoxy) is 4. The molecule has 1 aliphatic rings. The van der Waals surface area contributed by atoms with E-state index in [9.17, 15) is 4.79 Å². The maximum atomic E-state index is 13.3. The van der Waals surface area contributed by atoms with Gasteiger partial charge in [-0.05, 0) is 70.4 Å². The Morgan fingerprint density at radius 3 is 2.64 bits per heavy atom. The van der Waals surface area contributed by atoms with Crippen molar-refractivity contribution in [1.29, 1.82) is 0 Å². The third-order valence-corrected chi connectivity index (χ3v) is 7.15. The normalized spacial score (nSPS) is 12.0. The lowest BCUT2D eigenvalue weighted by molar-refractivity contribution is 0.0956. The highest BCUT2D eigenvalue weighted by atomic mass is 79.9. The predicted octanol–water partition coefficient (Wildman–Crippen LogP) is 7.13. The second kappa shape index (κ2) is 12.3. The summed E-state index contributed by atoms with van der Waals surface area (Å²) < 4.78 is 23.5. The second-order valence-corrected chi connectivity index (χ2v) is 10.2. The van der Waals surface area contributed by atoms with Gasteiger partial charge in [-0.1, -0.05) is 54.6 Å². The van der Waals surface area contributed by atoms with Crippen molar-refractivity contribution in [2.45, 2.75) is 13.5 Å². The quantitative estimate of drug-likeness (QED) is 0.139. The summed E-state index contributed by atoms with van der Waals surface area (Å²) in [4.78, 5) is 18.0. The molecule has 0 atom stereocenters. The lowest BCUT2D eigenvalue weighted by Gasteiger charge is -2.15. The number of rotatable bonds is 9. The molecule has 0 bridgehead atoms. The van der Waals surface area contributed by atoms with Gasteiger partial charge in [0.05, 0.1) is 34.1 Å². The van der Waals surface area contributed by atoms with Gasteiger partial charge < -0.3 is 18.9 Å². The van der Waals surface area contributed by atoms with Crippen molar-refractivity contribution in [2.24, 2.45) is 5.10 Å². The predicted molar refractivity (Wildman–Crippen MR) is 164 cm³/mol. The first-order valence-electron chi connectivity index (χ1n) is 13.4. The molecule has 0 saturated heterocycles. The standard InChI is InChI=1S/C33H26BrN3O5/c1-2-39-31-16-22(14-26(34)32(31)40-19-21-12-13-29-30(15-21)42-20-41-29)18-35-37-33(38)25-17-28(23-8-4-3-5-9-23)36-27-11-7-6-10-24(25)27/h3-18H,2,19-20H2,1H3,(H,37,38)/b35-18+. The van der Waals surface area contributed by atoms with Gasteiger partial charge in [0.1, 0.15) is 6.61 Å². The van der Waals surface area contributed by atoms with Crippen molar-refractivity contribution in [2.75, 3.05) is 13.4 Å². The molecular formula is C33H26BrN3O5. The van der Waals surface area contributed by atoms with Crippen molar-refractivity contribution in [3.05, 3.63) is 112 Å². The number of carbonyl (C=O) groups is 1. The van der Waals surface area contributed by atoms with Crippen LogP contribution in [-0.2, 0) is 6.61 Å². The Balaban J connectivity index is 1.20. The molecule has 0 saturated carbocycles. The van der Waals surface area contributed by atoms with E-state index in [1.54, 1.807) is 12.3 Å². The molecule has 1 aromatic heterocycles. The number of pyridine rings is 1. The monoisotopic (exact) mass is 623 g/mol. The number of nitrogens with one attached hydrogen (secondary N) is 1. The minimum Gasteiger partial charge on any atom is -0.490 e. The van der Waals surface area contributed by atoms with E-state index in [0.717, 1.165) is 27.8 Å². The van der Waals surface area contributed by atoms with Crippen LogP contribution in [0.1, 0.15) is 28.4 Å². The van der Waals surface area contributed by atoms with Gasteiger partial charge in [0.25, 0.3) is 5.91 Å². The zero-order valence-corrected chi connectivity index (χ0v) is 24.3. The molecule has 0 fully saturated rings. The van der Waals surface area contributed by atoms with E-state index < -0.39 is 0 Å². The third kappa shape index (κ3) is 5.91. The fourth-order valence-electron chi connectivity index (χ4n) is 4.60. The van der Waals surface area contributed by atoms with E-state index >= 15 is 0 Å². The first-order chi connectivity index (χ1) is 20.6. The smallest absolute Gasteiger partial charge is 0.272 e. The van der Waals surface area contributed by atoms with Gasteiger partial charge in [-0.3, -0.25) is 4.79 Å². The summed E-state index contributed by atoms with van der Waals surface area (Å²) in [6.45, 7) is 2.88. The zero-order chi connectivity index (χ0) is 28.9. The number of halogens is 1. The van der Waals surface area contributed by atoms with Crippen molar-refractivity contribution in [1.82, 2.24) is 10.4 Å². The zero-order valence-electron chi connectivity index (χ0n) is 22.7. The van der Waals surface area contributed by atoms with Crippen LogP contribution >= 0.6 is 15.9 Å². The summed E-state index contributed by atoms with van der Waals surface area (Å²) >= 11 is 3.60. The van der Waals surface area contributed by atoms with Crippen molar-refractivity contribution >= 4 is 39.0 Å². The van der Waals surface area contributed by atoms with Gasteiger partial charge in [-0.2, -0.15) is 5.10 Å². The fourth-order valence-corrected chi connectivity index (χ4v) is 5.17. The SMILES string of the molecule is CCOc1cc(/C=N/NC(=O)c2cc(-c3ccccc3)nc3ccccc23)cc(Br)c1OCc1ccc2c(c1)OCO2. The number of aromatic nitrogens is 1. The molecule has 8 nitrogen and oxygen atoms in total. The summed E-state index contributed by atoms with van der Waals surface area (Å²) in [6, 6.07) is 28.5. The van der Waals surface area contributed by atoms with E-state index in [2.05, 4.69) is 26.5 Å². The summed E-state index contributed by atoms with van der Waals surface area (Å²) in [5.41, 5.74) is 7.17. The topological polar surface area (TPSA) is 91.3 Å². The highest BCUT2D eigenvalue weighted by molar-refractivity contribution is 9.10. The molecule has 0 radical (unpaired) electrons. The summed E-state index contributed by atoms with van der Waals surface area (Å²) in [5, 5.41) is 4.98. The molecule has 1 aliphatic heterocycles. The molecule has 1 N–H and O–H groups in total. The van der Waals surface area contributed by atoms with Crippen LogP contribution in [0.5, 0.6) is 23.0 Å². The molecule has 6 rings (SSSR count). The van der Waals surface area contributed by atoms with Crippen LogP contribution in [-0.4, -0.2) is 30.5 Å². The first-order valence-corrected chi connectivity index (χ1v) is 14.1. The lowest BCUT2D eigenvalue weighted by Crippen LogP contribution is -2.18. The van der Waals surface area contributed by atoms with Crippen molar-refractivity contribution < 1.29 is 23.7 Å². The minimum absolute atomic E-state index is 0.219. The van der Waals surface area contributed by atoms with Gasteiger partial charge in [-0.25, -0.2) is 10.4 Å². The van der Waals surface area contributed by atoms with Gasteiger partial charge >= 0.3 is 0 Å². The third-order valence-electron chi connectivity index (χ3n) is 6.56. The maximum absolute atomic E-state index is 13.3. The molecule has 1 amide bonds. The number of benzene rings is 4. The Morgan fingerprint density at radius 1 is 0.976 bits per heavy atom. The number of para-hydroxylation sites is 1. The first kappa shape index (κ1) is 27.3. The number of carbonyl (C=O) groups excluding carboxylic acids is 1. The highest BCUT2D eigenvalue weighted by Crippen LogP contribution is 2.38. The van der Waals surface area contributed by atoms with Crippen LogP contribution in [0.15, 0.2) is 101 Å². The summed E-state index contributed by atoms with van der Waals surface area (Å²) in [7, 11) is 0. The van der Waals surface area contributed by atoms with Gasteiger partial charge in [0.15, 0.2) is 23.0 Å². The van der Waals surface area contributed by atoms with E-state index in [4.69, 9.17) is 23.9 Å². The Kier molecular flexibility index (Phi) is 8.00. The molecule has 0 unspecified atom stereocenters. The van der Waals surface area contributed by atoms with Crippen LogP contribution in [0.25, 0.3) is 22.2 Å². The number of fused-ring (bicyclic) bond motifs is 2. The number of hydrogen-bond acceptors (Lipinski definition) is 7. The van der Waals surface area contributed by atoms with E-state index in [0.29, 0.717) is 51.8 Å². The van der Waals surface area contributed by atoms with Crippen LogP contribution in [0, 0.1) is 0 Å². The van der Waals surface area contributed by atoms with E-state index in [1.165, 1.54) is 0 Å². The number of nitrogens with zero attached hydrogens (tertiary/aromatic N) is 2. The summed E-state index contributed by atoms with van der Waals surface area (Å²) in [5.74, 6) is 2.19. The van der Waals surface area contributed by atoms with E-state index in [-0.39, 0.29) is 12.7 Å². The Morgan fingerprint density at radius 2 is 1.79 bits per heavy atom. The molecule has 0 aliphatic carbocycles. The maximum Gasteiger partial charge on any atom is 0.272 e. The molecule has 42 heavy (non-hydrogen) atoms. The Labute approximate surface area is 251 Å². The average Bonchev–Trinajstić information content (AvgIpc) is 3.49. The molecular weight excluding hydrogens is 598 g/mol. The molecule has 2 heterocycles. The fraction of sp³-hybridized carbons (Fsp3) is 0.121. The molecule has 5 aromatic rings. The van der Waals surface area contributed by atoms with Crippen LogP contribution in [0.4, 0.5) is 0 Å². The Bertz CT molecular complexity index is 1790. The van der Waals surface area contributed by atoms with Crippen molar-refractivity contribution in [3.63, 3.8) is 0 Å². The Hall–Kier alpha value is -4.89. The molecule has 210 valence electrons. The average molecular weight is 624 g/mol. The van der Waals surface area contributed by atoms with Gasteiger partial charge in [0.2, 0.25) is 6.79 Å². The lowest BCUT2D eigenvalue weighted by atomic mass is 10.0. The number of hydrazone groups is 1. The molecule has 4 aromatic carbocycles.